The van der Waals surface area contributed by atoms with Gasteiger partial charge in [0.1, 0.15) is 0 Å². The topological polar surface area (TPSA) is 38.2 Å². The maximum absolute atomic E-state index is 4.21. The van der Waals surface area contributed by atoms with E-state index in [1.165, 1.54) is 12.8 Å². The molecule has 3 nitrogen and oxygen atoms in total. The van der Waals surface area contributed by atoms with E-state index in [1.54, 1.807) is 0 Å². The summed E-state index contributed by atoms with van der Waals surface area (Å²) in [6, 6.07) is 0.503. The molecule has 1 unspecified atom stereocenters. The van der Waals surface area contributed by atoms with Gasteiger partial charge >= 0.3 is 0 Å². The first-order chi connectivity index (χ1) is 4.43. The summed E-state index contributed by atoms with van der Waals surface area (Å²) in [7, 11) is 1.96. The van der Waals surface area contributed by atoms with Crippen molar-refractivity contribution >= 4 is 0 Å². The van der Waals surface area contributed by atoms with E-state index >= 15 is 0 Å². The number of nitrogens with one attached hydrogen (secondary N) is 2. The number of hydrogen-bond donors (Lipinski definition) is 2. The molecule has 0 aliphatic carbocycles. The molecule has 3 heteroatoms. The highest BCUT2D eigenvalue weighted by molar-refractivity contribution is 4.70. The summed E-state index contributed by atoms with van der Waals surface area (Å²) in [6.45, 7) is 2.06. The molecule has 1 aliphatic rings. The van der Waals surface area contributed by atoms with E-state index in [2.05, 4.69) is 16.2 Å². The molecule has 9 heavy (non-hydrogen) atoms. The highest BCUT2D eigenvalue weighted by Gasteiger charge is 2.11. The molecule has 1 rings (SSSR count). The zero-order chi connectivity index (χ0) is 6.53. The Bertz CT molecular complexity index is 65.9. The largest absolute Gasteiger partial charge is 0.318 e. The van der Waals surface area contributed by atoms with Crippen molar-refractivity contribution in [2.24, 2.45) is 0 Å². The summed E-state index contributed by atoms with van der Waals surface area (Å²) >= 11 is 0. The van der Waals surface area contributed by atoms with Gasteiger partial charge in [-0.1, -0.05) is 0 Å². The van der Waals surface area contributed by atoms with Crippen LogP contribution < -0.4 is 16.2 Å². The quantitative estimate of drug-likeness (QED) is 0.525. The van der Waals surface area contributed by atoms with Gasteiger partial charge in [-0.05, 0) is 19.9 Å². The molecule has 1 fully saturated rings. The summed E-state index contributed by atoms with van der Waals surface area (Å²) in [5.41, 5.74) is 7.21. The van der Waals surface area contributed by atoms with Crippen LogP contribution in [0.25, 0.3) is 0 Å². The van der Waals surface area contributed by atoms with Crippen LogP contribution in [-0.2, 0) is 0 Å². The Balaban J connectivity index is 2.08. The van der Waals surface area contributed by atoms with Crippen molar-refractivity contribution in [3.8, 4) is 0 Å². The smallest absolute Gasteiger partial charge is 0.0541 e. The fraction of sp³-hybridized carbons (Fsp3) is 1.00. The first-order valence-electron chi connectivity index (χ1n) is 3.51. The van der Waals surface area contributed by atoms with E-state index in [9.17, 15) is 0 Å². The van der Waals surface area contributed by atoms with Crippen LogP contribution in [0.5, 0.6) is 0 Å². The third-order valence-electron chi connectivity index (χ3n) is 1.54. The number of nitrogens with zero attached hydrogens (tertiary/aromatic N) is 1. The van der Waals surface area contributed by atoms with Crippen LogP contribution in [0.2, 0.25) is 0 Å². The third-order valence-corrected chi connectivity index (χ3v) is 1.54. The fourth-order valence-corrected chi connectivity index (χ4v) is 1.06. The van der Waals surface area contributed by atoms with Gasteiger partial charge in [-0.2, -0.15) is 5.43 Å². The van der Waals surface area contributed by atoms with E-state index in [1.807, 2.05) is 7.05 Å². The van der Waals surface area contributed by atoms with Crippen LogP contribution in [0.15, 0.2) is 0 Å². The van der Waals surface area contributed by atoms with E-state index in [-0.39, 0.29) is 0 Å². The molecule has 1 radical (unpaired) electrons. The number of likely N-dealkylation sites (N-methyl/N-ethyl adjacent to an activating group) is 1. The average molecular weight is 128 g/mol. The molecule has 0 aromatic carbocycles. The molecule has 0 aromatic rings. The lowest BCUT2D eigenvalue weighted by molar-refractivity contribution is 0.328. The molecule has 0 amide bonds. The van der Waals surface area contributed by atoms with Crippen LogP contribution in [0.1, 0.15) is 12.8 Å². The van der Waals surface area contributed by atoms with Crippen LogP contribution >= 0.6 is 0 Å². The van der Waals surface area contributed by atoms with Gasteiger partial charge in [0.15, 0.2) is 0 Å². The Morgan fingerprint density at radius 1 is 1.78 bits per heavy atom. The molecular weight excluding hydrogens is 114 g/mol. The van der Waals surface area contributed by atoms with Gasteiger partial charge in [0.2, 0.25) is 0 Å². The molecule has 1 aliphatic heterocycles. The monoisotopic (exact) mass is 128 g/mol. The van der Waals surface area contributed by atoms with Gasteiger partial charge in [0.05, 0.1) is 6.04 Å². The van der Waals surface area contributed by atoms with Crippen molar-refractivity contribution in [2.45, 2.75) is 18.9 Å². The van der Waals surface area contributed by atoms with Crippen molar-refractivity contribution in [3.63, 3.8) is 0 Å². The zero-order valence-electron chi connectivity index (χ0n) is 5.85. The lowest BCUT2D eigenvalue weighted by atomic mass is 10.1. The molecule has 53 valence electrons. The van der Waals surface area contributed by atoms with Crippen molar-refractivity contribution < 1.29 is 0 Å². The van der Waals surface area contributed by atoms with Gasteiger partial charge in [0.25, 0.3) is 0 Å². The van der Waals surface area contributed by atoms with Crippen LogP contribution in [0, 0.1) is 0 Å². The lowest BCUT2D eigenvalue weighted by Crippen LogP contribution is -2.44. The molecule has 1 atom stereocenters. The minimum atomic E-state index is 0.503. The van der Waals surface area contributed by atoms with Crippen molar-refractivity contribution in [1.29, 1.82) is 0 Å². The zero-order valence-corrected chi connectivity index (χ0v) is 5.85. The molecule has 2 N–H and O–H groups in total. The van der Waals surface area contributed by atoms with Crippen molar-refractivity contribution in [1.82, 2.24) is 16.2 Å². The van der Waals surface area contributed by atoms with E-state index in [0.717, 1.165) is 13.1 Å². The summed E-state index contributed by atoms with van der Waals surface area (Å²) in [5, 5.41) is 3.10. The van der Waals surface area contributed by atoms with Crippen LogP contribution in [-0.4, -0.2) is 26.2 Å². The van der Waals surface area contributed by atoms with Crippen molar-refractivity contribution in [3.05, 3.63) is 0 Å². The Hall–Kier alpha value is -0.120. The van der Waals surface area contributed by atoms with Crippen LogP contribution in [0.4, 0.5) is 0 Å². The van der Waals surface area contributed by atoms with Gasteiger partial charge in [-0.15, -0.1) is 0 Å². The molecule has 0 bridgehead atoms. The Morgan fingerprint density at radius 3 is 3.22 bits per heavy atom. The molecule has 0 spiro atoms. The minimum Gasteiger partial charge on any atom is -0.318 e. The first-order valence-corrected chi connectivity index (χ1v) is 3.51. The molecule has 1 heterocycles. The van der Waals surface area contributed by atoms with Crippen LogP contribution in [0.3, 0.4) is 0 Å². The van der Waals surface area contributed by atoms with Gasteiger partial charge in [-0.3, -0.25) is 0 Å². The Kier molecular flexibility index (Phi) is 2.97. The SMILES string of the molecule is CNCC1CCCN[N]1. The molecular formula is C6H14N3. The summed E-state index contributed by atoms with van der Waals surface area (Å²) in [4.78, 5) is 0. The second-order valence-electron chi connectivity index (χ2n) is 2.39. The molecule has 0 saturated carbocycles. The maximum Gasteiger partial charge on any atom is 0.0541 e. The Morgan fingerprint density at radius 2 is 2.67 bits per heavy atom. The van der Waals surface area contributed by atoms with E-state index in [4.69, 9.17) is 0 Å². The van der Waals surface area contributed by atoms with Crippen molar-refractivity contribution in [2.75, 3.05) is 20.1 Å². The predicted molar refractivity (Wildman–Crippen MR) is 37.1 cm³/mol. The lowest BCUT2D eigenvalue weighted by Gasteiger charge is -2.21. The summed E-state index contributed by atoms with van der Waals surface area (Å²) < 4.78 is 0. The standard InChI is InChI=1S/C6H14N3/c1-7-5-6-3-2-4-8-9-6/h6-8H,2-5H2,1H3. The minimum absolute atomic E-state index is 0.503. The van der Waals surface area contributed by atoms with Gasteiger partial charge in [0, 0.05) is 13.1 Å². The number of rotatable bonds is 2. The Labute approximate surface area is 56.2 Å². The average Bonchev–Trinajstić information content (AvgIpc) is 1.91. The third kappa shape index (κ3) is 2.30. The first kappa shape index (κ1) is 6.99. The molecule has 0 aromatic heterocycles. The van der Waals surface area contributed by atoms with E-state index in [0.29, 0.717) is 6.04 Å². The van der Waals surface area contributed by atoms with Gasteiger partial charge in [-0.25, -0.2) is 5.43 Å². The van der Waals surface area contributed by atoms with Gasteiger partial charge < -0.3 is 5.32 Å². The summed E-state index contributed by atoms with van der Waals surface area (Å²) in [6.07, 6.45) is 2.49. The highest BCUT2D eigenvalue weighted by atomic mass is 15.4. The highest BCUT2D eigenvalue weighted by Crippen LogP contribution is 1.99. The number of hydrogen-bond acceptors (Lipinski definition) is 2. The summed E-state index contributed by atoms with van der Waals surface area (Å²) in [5.74, 6) is 0. The fourth-order valence-electron chi connectivity index (χ4n) is 1.06. The normalized spacial score (nSPS) is 28.3. The second kappa shape index (κ2) is 3.82. The van der Waals surface area contributed by atoms with E-state index < -0.39 is 0 Å². The second-order valence-corrected chi connectivity index (χ2v) is 2.39. The predicted octanol–water partition coefficient (Wildman–Crippen LogP) is -0.523. The maximum atomic E-state index is 4.21. The molecule has 1 saturated heterocycles.